The Labute approximate surface area is 319 Å². The summed E-state index contributed by atoms with van der Waals surface area (Å²) in [6, 6.07) is 45.0. The van der Waals surface area contributed by atoms with Crippen LogP contribution in [0.3, 0.4) is 0 Å². The smallest absolute Gasteiger partial charge is 0.354 e. The Balaban J connectivity index is 1.26. The van der Waals surface area contributed by atoms with E-state index < -0.39 is 41.3 Å². The van der Waals surface area contributed by atoms with Crippen molar-refractivity contribution in [1.82, 2.24) is 10.2 Å². The Kier molecular flexibility index (Phi) is 9.57. The summed E-state index contributed by atoms with van der Waals surface area (Å²) < 4.78 is 82.6. The molecular formula is C45H33F6N3S. The van der Waals surface area contributed by atoms with Gasteiger partial charge in [0.05, 0.1) is 23.2 Å². The second-order valence-electron chi connectivity index (χ2n) is 13.7. The molecule has 0 radical (unpaired) electrons. The van der Waals surface area contributed by atoms with Gasteiger partial charge in [-0.05, 0) is 85.3 Å². The highest BCUT2D eigenvalue weighted by molar-refractivity contribution is 7.80. The Hall–Kier alpha value is -5.71. The predicted molar refractivity (Wildman–Crippen MR) is 210 cm³/mol. The maximum absolute atomic E-state index is 13.8. The summed E-state index contributed by atoms with van der Waals surface area (Å²) in [6.07, 6.45) is -10.0. The largest absolute Gasteiger partial charge is 0.416 e. The normalized spacial score (nSPS) is 14.4. The zero-order valence-electron chi connectivity index (χ0n) is 29.1. The number of alkyl halides is 6. The average Bonchev–Trinajstić information content (AvgIpc) is 3.35. The third-order valence-corrected chi connectivity index (χ3v) is 10.4. The molecule has 0 saturated carbocycles. The van der Waals surface area contributed by atoms with Gasteiger partial charge in [0.1, 0.15) is 0 Å². The molecule has 0 amide bonds. The number of thiocarbonyl (C=S) groups is 1. The van der Waals surface area contributed by atoms with Gasteiger partial charge in [-0.25, -0.2) is 0 Å². The van der Waals surface area contributed by atoms with Crippen LogP contribution in [0.15, 0.2) is 152 Å². The van der Waals surface area contributed by atoms with Crippen LogP contribution in [0.4, 0.5) is 32.0 Å². The predicted octanol–water partition coefficient (Wildman–Crippen LogP) is 12.5. The van der Waals surface area contributed by atoms with Crippen LogP contribution in [0, 0.1) is 0 Å². The van der Waals surface area contributed by atoms with Gasteiger partial charge < -0.3 is 10.6 Å². The minimum absolute atomic E-state index is 0.0985. The van der Waals surface area contributed by atoms with E-state index in [4.69, 9.17) is 12.2 Å². The maximum Gasteiger partial charge on any atom is 0.416 e. The van der Waals surface area contributed by atoms with Crippen molar-refractivity contribution in [2.45, 2.75) is 37.5 Å². The summed E-state index contributed by atoms with van der Waals surface area (Å²) in [7, 11) is 0. The number of nitrogens with one attached hydrogen (secondary N) is 2. The second kappa shape index (κ2) is 14.5. The van der Waals surface area contributed by atoms with Gasteiger partial charge in [-0.15, -0.1) is 0 Å². The van der Waals surface area contributed by atoms with Crippen molar-refractivity contribution in [3.05, 3.63) is 185 Å². The fourth-order valence-electron chi connectivity index (χ4n) is 7.78. The van der Waals surface area contributed by atoms with E-state index in [0.717, 1.165) is 54.9 Å². The van der Waals surface area contributed by atoms with Crippen LogP contribution in [0.1, 0.15) is 45.5 Å². The first-order valence-corrected chi connectivity index (χ1v) is 18.1. The lowest BCUT2D eigenvalue weighted by Crippen LogP contribution is -2.41. The van der Waals surface area contributed by atoms with E-state index in [1.165, 1.54) is 0 Å². The van der Waals surface area contributed by atoms with E-state index in [1.807, 2.05) is 84.9 Å². The summed E-state index contributed by atoms with van der Waals surface area (Å²) in [5.74, 6) is 0. The fourth-order valence-corrected chi connectivity index (χ4v) is 8.03. The topological polar surface area (TPSA) is 27.3 Å². The lowest BCUT2D eigenvalue weighted by atomic mass is 9.88. The number of hydrogen-bond donors (Lipinski definition) is 2. The molecule has 1 aliphatic heterocycles. The van der Waals surface area contributed by atoms with Crippen LogP contribution >= 0.6 is 12.2 Å². The third-order valence-electron chi connectivity index (χ3n) is 10.2. The van der Waals surface area contributed by atoms with E-state index in [1.54, 1.807) is 0 Å². The minimum atomic E-state index is -5.01. The molecule has 2 N–H and O–H groups in total. The van der Waals surface area contributed by atoms with Crippen molar-refractivity contribution in [3.63, 3.8) is 0 Å². The molecule has 0 saturated heterocycles. The van der Waals surface area contributed by atoms with Crippen LogP contribution in [0.5, 0.6) is 0 Å². The van der Waals surface area contributed by atoms with Gasteiger partial charge in [0.15, 0.2) is 5.11 Å². The summed E-state index contributed by atoms with van der Waals surface area (Å²) in [5, 5.41) is 10.4. The number of anilines is 1. The Morgan fingerprint density at radius 3 is 1.49 bits per heavy atom. The number of rotatable bonds is 6. The van der Waals surface area contributed by atoms with Crippen LogP contribution in [0.2, 0.25) is 0 Å². The van der Waals surface area contributed by atoms with Gasteiger partial charge in [-0.1, -0.05) is 133 Å². The molecule has 10 heteroatoms. The zero-order chi connectivity index (χ0) is 38.3. The lowest BCUT2D eigenvalue weighted by Gasteiger charge is -2.38. The van der Waals surface area contributed by atoms with E-state index in [0.29, 0.717) is 25.2 Å². The summed E-state index contributed by atoms with van der Waals surface area (Å²) >= 11 is 5.71. The molecular weight excluding hydrogens is 729 g/mol. The Morgan fingerprint density at radius 1 is 0.545 bits per heavy atom. The SMILES string of the molecule is FC(F)(F)c1cc(NC(=S)N[C@@H](c2ccccc2)[C@H](c2ccccc2)N2Cc3ccc4ccccc4c3-c3c(ccc4ccccc34)C2)cc(C(F)(F)F)c1. The highest BCUT2D eigenvalue weighted by atomic mass is 32.1. The number of hydrogen-bond acceptors (Lipinski definition) is 2. The average molecular weight is 762 g/mol. The van der Waals surface area contributed by atoms with E-state index >= 15 is 0 Å². The van der Waals surface area contributed by atoms with Crippen LogP contribution in [-0.2, 0) is 25.4 Å². The van der Waals surface area contributed by atoms with Crippen molar-refractivity contribution in [2.24, 2.45) is 0 Å². The zero-order valence-corrected chi connectivity index (χ0v) is 29.9. The first kappa shape index (κ1) is 36.3. The molecule has 3 nitrogen and oxygen atoms in total. The quantitative estimate of drug-likeness (QED) is 0.130. The van der Waals surface area contributed by atoms with Crippen molar-refractivity contribution >= 4 is 44.6 Å². The molecule has 0 aliphatic carbocycles. The molecule has 276 valence electrons. The Morgan fingerprint density at radius 2 is 1.00 bits per heavy atom. The first-order valence-electron chi connectivity index (χ1n) is 17.7. The number of benzene rings is 7. The van der Waals surface area contributed by atoms with Crippen LogP contribution in [-0.4, -0.2) is 10.0 Å². The number of fused-ring (bicyclic) bond motifs is 7. The number of halogens is 6. The van der Waals surface area contributed by atoms with Gasteiger partial charge >= 0.3 is 12.4 Å². The van der Waals surface area contributed by atoms with Crippen molar-refractivity contribution < 1.29 is 26.3 Å². The summed E-state index contributed by atoms with van der Waals surface area (Å²) in [4.78, 5) is 2.36. The highest BCUT2D eigenvalue weighted by Crippen LogP contribution is 2.46. The molecule has 7 aromatic carbocycles. The molecule has 1 aliphatic rings. The molecule has 0 unspecified atom stereocenters. The van der Waals surface area contributed by atoms with Gasteiger partial charge in [-0.2, -0.15) is 26.3 Å². The molecule has 7 aromatic rings. The van der Waals surface area contributed by atoms with E-state index in [9.17, 15) is 26.3 Å². The first-order chi connectivity index (χ1) is 26.4. The summed E-state index contributed by atoms with van der Waals surface area (Å²) in [5.41, 5.74) is 3.01. The Bertz CT molecular complexity index is 2400. The molecule has 0 fully saturated rings. The van der Waals surface area contributed by atoms with Crippen LogP contribution < -0.4 is 10.6 Å². The molecule has 2 atom stereocenters. The van der Waals surface area contributed by atoms with E-state index in [-0.39, 0.29) is 11.2 Å². The summed E-state index contributed by atoms with van der Waals surface area (Å²) in [6.45, 7) is 1.05. The lowest BCUT2D eigenvalue weighted by molar-refractivity contribution is -0.143. The highest BCUT2D eigenvalue weighted by Gasteiger charge is 2.38. The molecule has 0 bridgehead atoms. The van der Waals surface area contributed by atoms with Gasteiger partial charge in [0.2, 0.25) is 0 Å². The van der Waals surface area contributed by atoms with Crippen molar-refractivity contribution in [2.75, 3.05) is 5.32 Å². The van der Waals surface area contributed by atoms with Crippen molar-refractivity contribution in [1.29, 1.82) is 0 Å². The molecule has 0 spiro atoms. The molecule has 0 aromatic heterocycles. The van der Waals surface area contributed by atoms with Crippen molar-refractivity contribution in [3.8, 4) is 11.1 Å². The fraction of sp³-hybridized carbons (Fsp3) is 0.133. The maximum atomic E-state index is 13.8. The second-order valence-corrected chi connectivity index (χ2v) is 14.1. The molecule has 55 heavy (non-hydrogen) atoms. The van der Waals surface area contributed by atoms with Gasteiger partial charge in [0.25, 0.3) is 0 Å². The molecule has 8 rings (SSSR count). The van der Waals surface area contributed by atoms with E-state index in [2.05, 4.69) is 64.1 Å². The third kappa shape index (κ3) is 7.39. The minimum Gasteiger partial charge on any atom is -0.354 e. The van der Waals surface area contributed by atoms with Gasteiger partial charge in [-0.3, -0.25) is 4.90 Å². The van der Waals surface area contributed by atoms with Crippen LogP contribution in [0.25, 0.3) is 32.7 Å². The number of nitrogens with zero attached hydrogens (tertiary/aromatic N) is 1. The van der Waals surface area contributed by atoms with Gasteiger partial charge in [0, 0.05) is 18.8 Å². The molecule has 1 heterocycles. The standard InChI is InChI=1S/C45H33F6N3S/c46-44(47,48)34-23-35(45(49,50)51)25-36(24-34)52-43(55)53-41(30-13-3-1-4-14-30)42(31-15-5-2-6-16-31)54-26-32-21-19-28-11-7-9-17-37(28)39(32)40-33(27-54)22-20-29-12-8-10-18-38(29)40/h1-25,41-42H,26-27H2,(H2,52,53,55)/t41-,42-/m0/s1. The monoisotopic (exact) mass is 761 g/mol.